The van der Waals surface area contributed by atoms with Gasteiger partial charge in [-0.3, -0.25) is 0 Å². The quantitative estimate of drug-likeness (QED) is 0.519. The van der Waals surface area contributed by atoms with Crippen molar-refractivity contribution in [3.05, 3.63) is 17.2 Å². The number of aromatic amines is 1. The molecule has 2 heteroatoms. The summed E-state index contributed by atoms with van der Waals surface area (Å²) in [6.07, 6.45) is 2.97. The van der Waals surface area contributed by atoms with E-state index in [2.05, 4.69) is 93.1 Å². The molecule has 2 rings (SSSR count). The number of nitrogens with one attached hydrogen (secondary N) is 1. The third-order valence-electron chi connectivity index (χ3n) is 6.81. The number of hydrogen-bond acceptors (Lipinski definition) is 1. The molecule has 1 saturated carbocycles. The summed E-state index contributed by atoms with van der Waals surface area (Å²) < 4.78 is 0. The summed E-state index contributed by atoms with van der Waals surface area (Å²) in [6, 6.07) is 0. The second-order valence-electron chi connectivity index (χ2n) is 11.2. The van der Waals surface area contributed by atoms with Crippen LogP contribution in [0.1, 0.15) is 131 Å². The monoisotopic (exact) mass is 390 g/mol. The van der Waals surface area contributed by atoms with Crippen LogP contribution in [0.15, 0.2) is 0 Å². The smallest absolute Gasteiger partial charge is 0.109 e. The third-order valence-corrected chi connectivity index (χ3v) is 6.81. The maximum absolute atomic E-state index is 4.67. The zero-order chi connectivity index (χ0) is 21.8. The lowest BCUT2D eigenvalue weighted by Crippen LogP contribution is -2.18. The number of H-pyrrole nitrogens is 1. The van der Waals surface area contributed by atoms with Crippen molar-refractivity contribution in [3.8, 4) is 0 Å². The fourth-order valence-electron chi connectivity index (χ4n) is 4.80. The van der Waals surface area contributed by atoms with Crippen LogP contribution in [-0.2, 0) is 0 Å². The van der Waals surface area contributed by atoms with Gasteiger partial charge >= 0.3 is 0 Å². The molecular formula is C26H50N2. The molecule has 0 bridgehead atoms. The van der Waals surface area contributed by atoms with Crippen molar-refractivity contribution in [2.75, 3.05) is 0 Å². The van der Waals surface area contributed by atoms with Crippen LogP contribution in [0.3, 0.4) is 0 Å². The van der Waals surface area contributed by atoms with Crippen molar-refractivity contribution in [2.24, 2.45) is 35.5 Å². The Morgan fingerprint density at radius 1 is 0.643 bits per heavy atom. The molecule has 1 fully saturated rings. The van der Waals surface area contributed by atoms with Crippen LogP contribution >= 0.6 is 0 Å². The molecule has 0 spiro atoms. The van der Waals surface area contributed by atoms with E-state index < -0.39 is 0 Å². The zero-order valence-corrected chi connectivity index (χ0v) is 21.1. The molecule has 1 aromatic rings. The lowest BCUT2D eigenvalue weighted by Gasteiger charge is -2.26. The topological polar surface area (TPSA) is 28.7 Å². The summed E-state index contributed by atoms with van der Waals surface area (Å²) in [5, 5.41) is 0. The van der Waals surface area contributed by atoms with E-state index in [-0.39, 0.29) is 0 Å². The third kappa shape index (κ3) is 6.63. The molecule has 28 heavy (non-hydrogen) atoms. The summed E-state index contributed by atoms with van der Waals surface area (Å²) in [5.74, 6) is 8.28. The van der Waals surface area contributed by atoms with E-state index in [1.807, 2.05) is 0 Å². The van der Waals surface area contributed by atoms with E-state index >= 15 is 0 Å². The minimum atomic E-state index is 0.486. The Kier molecular flexibility index (Phi) is 9.77. The first-order valence-electron chi connectivity index (χ1n) is 12.0. The maximum Gasteiger partial charge on any atom is 0.109 e. The van der Waals surface area contributed by atoms with Crippen LogP contribution in [0.4, 0.5) is 0 Å². The van der Waals surface area contributed by atoms with Crippen LogP contribution in [0, 0.1) is 35.5 Å². The summed E-state index contributed by atoms with van der Waals surface area (Å²) in [5.41, 5.74) is 2.55. The molecule has 2 unspecified atom stereocenters. The van der Waals surface area contributed by atoms with Crippen molar-refractivity contribution < 1.29 is 0 Å². The van der Waals surface area contributed by atoms with Crippen molar-refractivity contribution >= 4 is 0 Å². The molecule has 164 valence electrons. The fraction of sp³-hybridized carbons (Fsp3) is 0.885. The number of hydrogen-bond donors (Lipinski definition) is 1. The first kappa shape index (κ1) is 25.2. The van der Waals surface area contributed by atoms with E-state index in [4.69, 9.17) is 0 Å². The molecule has 1 aliphatic rings. The van der Waals surface area contributed by atoms with E-state index in [1.165, 1.54) is 24.2 Å². The summed E-state index contributed by atoms with van der Waals surface area (Å²) in [6.45, 7) is 27.6. The Balaban J connectivity index is 0.000000280. The zero-order valence-electron chi connectivity index (χ0n) is 21.1. The molecule has 0 saturated heterocycles. The van der Waals surface area contributed by atoms with Gasteiger partial charge in [0, 0.05) is 11.6 Å². The summed E-state index contributed by atoms with van der Waals surface area (Å²) in [7, 11) is 0. The second-order valence-corrected chi connectivity index (χ2v) is 11.2. The average molecular weight is 391 g/mol. The van der Waals surface area contributed by atoms with Crippen LogP contribution in [0.5, 0.6) is 0 Å². The predicted octanol–water partition coefficient (Wildman–Crippen LogP) is 8.38. The van der Waals surface area contributed by atoms with Gasteiger partial charge in [0.05, 0.1) is 5.69 Å². The molecule has 0 aliphatic heterocycles. The van der Waals surface area contributed by atoms with Crippen molar-refractivity contribution in [1.29, 1.82) is 0 Å². The molecule has 2 atom stereocenters. The highest BCUT2D eigenvalue weighted by molar-refractivity contribution is 5.22. The van der Waals surface area contributed by atoms with E-state index in [0.29, 0.717) is 17.8 Å². The molecule has 0 amide bonds. The molecule has 1 aromatic heterocycles. The number of imidazole rings is 1. The van der Waals surface area contributed by atoms with Crippen molar-refractivity contribution in [3.63, 3.8) is 0 Å². The lowest BCUT2D eigenvalue weighted by atomic mass is 9.80. The van der Waals surface area contributed by atoms with E-state index in [0.717, 1.165) is 41.3 Å². The summed E-state index contributed by atoms with van der Waals surface area (Å²) >= 11 is 0. The highest BCUT2D eigenvalue weighted by Crippen LogP contribution is 2.46. The maximum atomic E-state index is 4.67. The van der Waals surface area contributed by atoms with Gasteiger partial charge in [0.2, 0.25) is 0 Å². The van der Waals surface area contributed by atoms with Gasteiger partial charge in [-0.25, -0.2) is 4.98 Å². The SMILES string of the molecule is CC(C)C1CC(C(C)C)C(C(C)C)C1.CC(C)c1nc(C(C)C)c(C(C)C)[nH]1. The van der Waals surface area contributed by atoms with Gasteiger partial charge in [-0.05, 0) is 60.2 Å². The second kappa shape index (κ2) is 10.8. The largest absolute Gasteiger partial charge is 0.345 e. The fourth-order valence-corrected chi connectivity index (χ4v) is 4.80. The van der Waals surface area contributed by atoms with Gasteiger partial charge in [-0.15, -0.1) is 0 Å². The van der Waals surface area contributed by atoms with Crippen LogP contribution in [-0.4, -0.2) is 9.97 Å². The normalized spacial score (nSPS) is 22.9. The summed E-state index contributed by atoms with van der Waals surface area (Å²) in [4.78, 5) is 8.13. The number of nitrogens with zero attached hydrogens (tertiary/aromatic N) is 1. The Labute approximate surface area is 176 Å². The molecule has 1 N–H and O–H groups in total. The van der Waals surface area contributed by atoms with Gasteiger partial charge in [-0.1, -0.05) is 83.1 Å². The Bertz CT molecular complexity index is 521. The van der Waals surface area contributed by atoms with Gasteiger partial charge < -0.3 is 4.98 Å². The minimum Gasteiger partial charge on any atom is -0.345 e. The first-order valence-corrected chi connectivity index (χ1v) is 12.0. The molecule has 1 aliphatic carbocycles. The lowest BCUT2D eigenvalue weighted by molar-refractivity contribution is 0.235. The van der Waals surface area contributed by atoms with Gasteiger partial charge in [0.1, 0.15) is 5.82 Å². The Morgan fingerprint density at radius 2 is 1.11 bits per heavy atom. The van der Waals surface area contributed by atoms with Gasteiger partial charge in [0.25, 0.3) is 0 Å². The van der Waals surface area contributed by atoms with Gasteiger partial charge in [0.15, 0.2) is 0 Å². The number of aromatic nitrogens is 2. The van der Waals surface area contributed by atoms with Crippen molar-refractivity contribution in [1.82, 2.24) is 9.97 Å². The number of rotatable bonds is 6. The molecular weight excluding hydrogens is 340 g/mol. The van der Waals surface area contributed by atoms with E-state index in [9.17, 15) is 0 Å². The van der Waals surface area contributed by atoms with Crippen LogP contribution < -0.4 is 0 Å². The highest BCUT2D eigenvalue weighted by Gasteiger charge is 2.38. The Morgan fingerprint density at radius 3 is 1.36 bits per heavy atom. The van der Waals surface area contributed by atoms with Crippen LogP contribution in [0.25, 0.3) is 0 Å². The van der Waals surface area contributed by atoms with Crippen LogP contribution in [0.2, 0.25) is 0 Å². The molecule has 0 aromatic carbocycles. The van der Waals surface area contributed by atoms with E-state index in [1.54, 1.807) is 0 Å². The van der Waals surface area contributed by atoms with Gasteiger partial charge in [-0.2, -0.15) is 0 Å². The standard InChI is InChI=1S/C14H28.C12H22N2/c1-9(2)12-7-13(10(3)4)14(8-12)11(5)6;1-7(2)10-11(8(3)4)14-12(13-10)9(5)6/h9-14H,7-8H2,1-6H3;7-9H,1-6H3,(H,13,14). The molecule has 2 nitrogen and oxygen atoms in total. The highest BCUT2D eigenvalue weighted by atomic mass is 14.9. The first-order chi connectivity index (χ1) is 12.9. The predicted molar refractivity (Wildman–Crippen MR) is 125 cm³/mol. The molecule has 0 radical (unpaired) electrons. The van der Waals surface area contributed by atoms with Crippen molar-refractivity contribution in [2.45, 2.75) is 114 Å². The Hall–Kier alpha value is -0.790. The minimum absolute atomic E-state index is 0.486. The molecule has 1 heterocycles. The average Bonchev–Trinajstić information content (AvgIpc) is 3.20.